The molecule has 1 aromatic heterocycles. The Morgan fingerprint density at radius 3 is 2.62 bits per heavy atom. The summed E-state index contributed by atoms with van der Waals surface area (Å²) in [5, 5.41) is 8.39. The van der Waals surface area contributed by atoms with Crippen molar-refractivity contribution in [3.05, 3.63) is 17.7 Å². The lowest BCUT2D eigenvalue weighted by atomic mass is 10.3. The van der Waals surface area contributed by atoms with Crippen molar-refractivity contribution in [1.82, 2.24) is 14.7 Å². The monoisotopic (exact) mass is 260 g/mol. The number of hydrogen-bond donors (Lipinski definition) is 1. The van der Waals surface area contributed by atoms with Gasteiger partial charge < -0.3 is 0 Å². The van der Waals surface area contributed by atoms with Gasteiger partial charge in [-0.1, -0.05) is 0 Å². The number of nitrogens with one attached hydrogen (secondary N) is 1. The van der Waals surface area contributed by atoms with Crippen molar-refractivity contribution in [3.63, 3.8) is 0 Å². The maximum absolute atomic E-state index is 11.7. The number of halogens is 1. The first-order valence-electron chi connectivity index (χ1n) is 4.32. The minimum Gasteiger partial charge on any atom is -0.225 e. The fourth-order valence-corrected chi connectivity index (χ4v) is 2.18. The molecule has 0 amide bonds. The van der Waals surface area contributed by atoms with Crippen molar-refractivity contribution in [2.45, 2.75) is 24.3 Å². The Morgan fingerprint density at radius 1 is 1.56 bits per heavy atom. The van der Waals surface area contributed by atoms with Crippen molar-refractivity contribution in [3.8, 4) is 6.07 Å². The lowest BCUT2D eigenvalue weighted by molar-refractivity contribution is 0.562. The van der Waals surface area contributed by atoms with E-state index in [4.69, 9.17) is 16.9 Å². The Balaban J connectivity index is 2.87. The molecule has 16 heavy (non-hydrogen) atoms. The smallest absolute Gasteiger partial charge is 0.225 e. The first-order valence-corrected chi connectivity index (χ1v) is 6.18. The summed E-state index contributed by atoms with van der Waals surface area (Å²) in [6, 6.07) is 1.40. The Kier molecular flexibility index (Phi) is 4.18. The van der Waals surface area contributed by atoms with E-state index in [9.17, 15) is 8.42 Å². The fraction of sp³-hybridized carbons (Fsp3) is 0.375. The maximum atomic E-state index is 11.7. The highest BCUT2D eigenvalue weighted by Gasteiger charge is 2.17. The van der Waals surface area contributed by atoms with Gasteiger partial charge in [0, 0.05) is 6.04 Å². The molecule has 0 aliphatic heterocycles. The van der Waals surface area contributed by atoms with Crippen LogP contribution in [0.15, 0.2) is 17.3 Å². The van der Waals surface area contributed by atoms with Crippen LogP contribution in [0, 0.1) is 11.3 Å². The van der Waals surface area contributed by atoms with Crippen molar-refractivity contribution in [2.75, 3.05) is 0 Å². The van der Waals surface area contributed by atoms with Crippen molar-refractivity contribution in [2.24, 2.45) is 0 Å². The summed E-state index contributed by atoms with van der Waals surface area (Å²) in [5.74, 6) is 0. The van der Waals surface area contributed by atoms with Gasteiger partial charge in [0.05, 0.1) is 24.9 Å². The molecule has 0 radical (unpaired) electrons. The second-order valence-corrected chi connectivity index (χ2v) is 5.12. The summed E-state index contributed by atoms with van der Waals surface area (Å²) < 4.78 is 25.7. The number of aromatic nitrogens is 2. The third-order valence-corrected chi connectivity index (χ3v) is 3.40. The largest absolute Gasteiger partial charge is 0.243 e. The van der Waals surface area contributed by atoms with Crippen LogP contribution in [0.5, 0.6) is 0 Å². The lowest BCUT2D eigenvalue weighted by Gasteiger charge is -2.10. The first-order chi connectivity index (χ1) is 7.45. The molecule has 0 aliphatic rings. The molecule has 0 aliphatic carbocycles. The molecule has 1 atom stereocenters. The summed E-state index contributed by atoms with van der Waals surface area (Å²) in [4.78, 5) is 7.06. The van der Waals surface area contributed by atoms with Crippen LogP contribution in [0.4, 0.5) is 0 Å². The van der Waals surface area contributed by atoms with E-state index in [1.165, 1.54) is 0 Å². The quantitative estimate of drug-likeness (QED) is 0.805. The van der Waals surface area contributed by atoms with Gasteiger partial charge in [0.2, 0.25) is 15.3 Å². The first kappa shape index (κ1) is 12.8. The number of nitrogens with zero attached hydrogens (tertiary/aromatic N) is 3. The molecular weight excluding hydrogens is 252 g/mol. The van der Waals surface area contributed by atoms with E-state index in [2.05, 4.69) is 14.7 Å². The standard InChI is InChI=1S/C8H9ClN4O2S/c1-6(2-3-10)13-16(14,15)7-4-11-8(9)12-5-7/h4-6,13H,2H2,1H3. The third kappa shape index (κ3) is 3.41. The van der Waals surface area contributed by atoms with Crippen molar-refractivity contribution < 1.29 is 8.42 Å². The summed E-state index contributed by atoms with van der Waals surface area (Å²) in [7, 11) is -3.68. The van der Waals surface area contributed by atoms with Gasteiger partial charge in [0.1, 0.15) is 4.90 Å². The molecular formula is C8H9ClN4O2S. The van der Waals surface area contributed by atoms with E-state index >= 15 is 0 Å². The zero-order chi connectivity index (χ0) is 12.2. The van der Waals surface area contributed by atoms with Crippen LogP contribution in [-0.4, -0.2) is 24.4 Å². The van der Waals surface area contributed by atoms with Gasteiger partial charge in [-0.05, 0) is 18.5 Å². The maximum Gasteiger partial charge on any atom is 0.243 e. The topological polar surface area (TPSA) is 95.7 Å². The molecule has 0 bridgehead atoms. The molecule has 0 fully saturated rings. The molecule has 0 saturated carbocycles. The molecule has 8 heteroatoms. The van der Waals surface area contributed by atoms with Gasteiger partial charge >= 0.3 is 0 Å². The highest BCUT2D eigenvalue weighted by atomic mass is 35.5. The Morgan fingerprint density at radius 2 is 2.12 bits per heavy atom. The van der Waals surface area contributed by atoms with Crippen LogP contribution in [0.2, 0.25) is 5.28 Å². The van der Waals surface area contributed by atoms with E-state index in [0.29, 0.717) is 0 Å². The molecule has 0 spiro atoms. The zero-order valence-electron chi connectivity index (χ0n) is 8.38. The van der Waals surface area contributed by atoms with Gasteiger partial charge in [-0.2, -0.15) is 5.26 Å². The Bertz CT molecular complexity index is 494. The molecule has 6 nitrogen and oxygen atoms in total. The van der Waals surface area contributed by atoms with Gasteiger partial charge in [0.15, 0.2) is 0 Å². The summed E-state index contributed by atoms with van der Waals surface area (Å²) in [5.41, 5.74) is 0. The predicted octanol–water partition coefficient (Wildman–Crippen LogP) is 0.710. The predicted molar refractivity (Wildman–Crippen MR) is 57.1 cm³/mol. The molecule has 1 aromatic rings. The van der Waals surface area contributed by atoms with Crippen LogP contribution in [0.1, 0.15) is 13.3 Å². The van der Waals surface area contributed by atoms with Crippen LogP contribution in [0.3, 0.4) is 0 Å². The van der Waals surface area contributed by atoms with Gasteiger partial charge in [-0.3, -0.25) is 0 Å². The summed E-state index contributed by atoms with van der Waals surface area (Å²) in [6.45, 7) is 1.59. The highest BCUT2D eigenvalue weighted by Crippen LogP contribution is 2.08. The highest BCUT2D eigenvalue weighted by molar-refractivity contribution is 7.89. The minimum atomic E-state index is -3.68. The number of nitriles is 1. The minimum absolute atomic E-state index is 0.0241. The molecule has 1 unspecified atom stereocenters. The molecule has 0 saturated heterocycles. The summed E-state index contributed by atoms with van der Waals surface area (Å²) >= 11 is 5.44. The van der Waals surface area contributed by atoms with E-state index in [0.717, 1.165) is 12.4 Å². The van der Waals surface area contributed by atoms with Gasteiger partial charge in [0.25, 0.3) is 0 Å². The van der Waals surface area contributed by atoms with Gasteiger partial charge in [-0.15, -0.1) is 0 Å². The van der Waals surface area contributed by atoms with Crippen LogP contribution >= 0.6 is 11.6 Å². The van der Waals surface area contributed by atoms with Gasteiger partial charge in [-0.25, -0.2) is 23.1 Å². The summed E-state index contributed by atoms with van der Waals surface area (Å²) in [6.07, 6.45) is 2.31. The normalized spacial score (nSPS) is 13.1. The average molecular weight is 261 g/mol. The molecule has 1 N–H and O–H groups in total. The SMILES string of the molecule is CC(CC#N)NS(=O)(=O)c1cnc(Cl)nc1. The number of sulfonamides is 1. The molecule has 1 rings (SSSR count). The second-order valence-electron chi connectivity index (χ2n) is 3.07. The van der Waals surface area contributed by atoms with Crippen LogP contribution in [0.25, 0.3) is 0 Å². The number of rotatable bonds is 4. The molecule has 1 heterocycles. The van der Waals surface area contributed by atoms with Crippen LogP contribution in [-0.2, 0) is 10.0 Å². The molecule has 0 aromatic carbocycles. The second kappa shape index (κ2) is 5.21. The Labute approximate surface area is 98.3 Å². The lowest BCUT2D eigenvalue weighted by Crippen LogP contribution is -2.32. The van der Waals surface area contributed by atoms with E-state index in [1.807, 2.05) is 6.07 Å². The average Bonchev–Trinajstić information content (AvgIpc) is 2.17. The zero-order valence-corrected chi connectivity index (χ0v) is 9.96. The van der Waals surface area contributed by atoms with E-state index in [-0.39, 0.29) is 16.6 Å². The molecule has 86 valence electrons. The van der Waals surface area contributed by atoms with E-state index < -0.39 is 16.1 Å². The number of hydrogen-bond acceptors (Lipinski definition) is 5. The van der Waals surface area contributed by atoms with E-state index in [1.54, 1.807) is 6.92 Å². The van der Waals surface area contributed by atoms with Crippen LogP contribution < -0.4 is 4.72 Å². The van der Waals surface area contributed by atoms with Crippen molar-refractivity contribution in [1.29, 1.82) is 5.26 Å². The fourth-order valence-electron chi connectivity index (χ4n) is 0.951. The third-order valence-electron chi connectivity index (χ3n) is 1.66. The van der Waals surface area contributed by atoms with Crippen molar-refractivity contribution >= 4 is 21.6 Å². The Hall–Kier alpha value is -1.23.